The highest BCUT2D eigenvalue weighted by molar-refractivity contribution is 14.0. The molecule has 152 valence electrons. The second kappa shape index (κ2) is 13.0. The van der Waals surface area contributed by atoms with Crippen LogP contribution in [0.15, 0.2) is 4.99 Å². The van der Waals surface area contributed by atoms with E-state index in [-0.39, 0.29) is 35.9 Å². The Bertz CT molecular complexity index is 443. The summed E-state index contributed by atoms with van der Waals surface area (Å²) in [5, 5.41) is 7.47. The maximum absolute atomic E-state index is 12.2. The van der Waals surface area contributed by atoms with E-state index in [0.717, 1.165) is 57.9 Å². The van der Waals surface area contributed by atoms with Gasteiger partial charge in [-0.3, -0.25) is 14.7 Å². The highest BCUT2D eigenvalue weighted by Gasteiger charge is 2.30. The Hall–Kier alpha value is -0.220. The lowest BCUT2D eigenvalue weighted by molar-refractivity contribution is -0.133. The highest BCUT2D eigenvalue weighted by Crippen LogP contribution is 2.26. The number of likely N-dealkylation sites (N-methyl/N-ethyl adjacent to an activating group) is 1. The first-order valence-electron chi connectivity index (χ1n) is 9.70. The van der Waals surface area contributed by atoms with E-state index in [2.05, 4.69) is 22.5 Å². The summed E-state index contributed by atoms with van der Waals surface area (Å²) in [6.07, 6.45) is 5.77. The van der Waals surface area contributed by atoms with Crippen LogP contribution in [0.5, 0.6) is 0 Å². The van der Waals surface area contributed by atoms with Crippen LogP contribution in [0.4, 0.5) is 0 Å². The molecule has 26 heavy (non-hydrogen) atoms. The minimum absolute atomic E-state index is 0. The summed E-state index contributed by atoms with van der Waals surface area (Å²) in [6.45, 7) is 6.79. The van der Waals surface area contributed by atoms with Crippen molar-refractivity contribution in [2.45, 2.75) is 50.3 Å². The number of thioether (sulfide) groups is 1. The molecule has 2 unspecified atom stereocenters. The fourth-order valence-corrected chi connectivity index (χ4v) is 4.66. The van der Waals surface area contributed by atoms with Gasteiger partial charge in [0.1, 0.15) is 0 Å². The van der Waals surface area contributed by atoms with Gasteiger partial charge in [0.05, 0.1) is 12.6 Å². The molecule has 0 aromatic rings. The molecule has 2 rings (SSSR count). The summed E-state index contributed by atoms with van der Waals surface area (Å²) in [7, 11) is 3.70. The molecule has 2 heterocycles. The van der Waals surface area contributed by atoms with Crippen molar-refractivity contribution in [1.29, 1.82) is 0 Å². The standard InChI is InChI=1S/C18H35N5OS.HI/c1-4-19-18(21-14-15-8-6-13-25-15)20-10-7-12-23-11-5-9-16(23)17(24)22(2)3;/h15-16H,4-14H2,1-3H3,(H2,19,20,21);1H. The van der Waals surface area contributed by atoms with Crippen molar-refractivity contribution in [3.8, 4) is 0 Å². The molecule has 2 fully saturated rings. The number of carbonyl (C=O) groups excluding carboxylic acids is 1. The van der Waals surface area contributed by atoms with Gasteiger partial charge in [0.25, 0.3) is 0 Å². The largest absolute Gasteiger partial charge is 0.357 e. The van der Waals surface area contributed by atoms with Crippen LogP contribution < -0.4 is 10.6 Å². The predicted molar refractivity (Wildman–Crippen MR) is 123 cm³/mol. The van der Waals surface area contributed by atoms with Crippen LogP contribution in [0.2, 0.25) is 0 Å². The number of hydrogen-bond donors (Lipinski definition) is 2. The number of halogens is 1. The molecule has 2 aliphatic rings. The number of nitrogens with one attached hydrogen (secondary N) is 2. The lowest BCUT2D eigenvalue weighted by Gasteiger charge is -2.26. The molecule has 2 aliphatic heterocycles. The zero-order valence-corrected chi connectivity index (χ0v) is 19.6. The van der Waals surface area contributed by atoms with Gasteiger partial charge in [-0.15, -0.1) is 24.0 Å². The number of carbonyl (C=O) groups is 1. The molecule has 0 aromatic heterocycles. The van der Waals surface area contributed by atoms with Crippen molar-refractivity contribution in [1.82, 2.24) is 20.4 Å². The van der Waals surface area contributed by atoms with Gasteiger partial charge in [-0.05, 0) is 51.3 Å². The van der Waals surface area contributed by atoms with Crippen molar-refractivity contribution in [3.63, 3.8) is 0 Å². The van der Waals surface area contributed by atoms with Gasteiger partial charge >= 0.3 is 0 Å². The fraction of sp³-hybridized carbons (Fsp3) is 0.889. The summed E-state index contributed by atoms with van der Waals surface area (Å²) in [5.74, 6) is 2.46. The Morgan fingerprint density at radius 1 is 1.27 bits per heavy atom. The molecule has 0 spiro atoms. The van der Waals surface area contributed by atoms with Gasteiger partial charge in [-0.1, -0.05) is 0 Å². The molecule has 1 amide bonds. The van der Waals surface area contributed by atoms with Crippen molar-refractivity contribution in [2.75, 3.05) is 52.6 Å². The highest BCUT2D eigenvalue weighted by atomic mass is 127. The lowest BCUT2D eigenvalue weighted by atomic mass is 10.2. The minimum atomic E-state index is 0. The van der Waals surface area contributed by atoms with Crippen LogP contribution >= 0.6 is 35.7 Å². The zero-order chi connectivity index (χ0) is 18.1. The van der Waals surface area contributed by atoms with E-state index in [4.69, 9.17) is 4.99 Å². The molecule has 0 aliphatic carbocycles. The van der Waals surface area contributed by atoms with E-state index in [1.54, 1.807) is 4.90 Å². The van der Waals surface area contributed by atoms with Crippen molar-refractivity contribution in [2.24, 2.45) is 4.99 Å². The van der Waals surface area contributed by atoms with E-state index in [1.807, 2.05) is 25.9 Å². The summed E-state index contributed by atoms with van der Waals surface area (Å²) >= 11 is 2.05. The first-order chi connectivity index (χ1) is 12.1. The van der Waals surface area contributed by atoms with E-state index in [1.165, 1.54) is 18.6 Å². The van der Waals surface area contributed by atoms with Gasteiger partial charge in [0, 0.05) is 39.0 Å². The van der Waals surface area contributed by atoms with Crippen LogP contribution in [0, 0.1) is 0 Å². The Morgan fingerprint density at radius 3 is 2.73 bits per heavy atom. The number of hydrogen-bond acceptors (Lipinski definition) is 4. The first kappa shape index (κ1) is 23.8. The average molecular weight is 497 g/mol. The number of nitrogens with zero attached hydrogens (tertiary/aromatic N) is 3. The van der Waals surface area contributed by atoms with E-state index >= 15 is 0 Å². The van der Waals surface area contributed by atoms with Crippen LogP contribution in [0.25, 0.3) is 0 Å². The number of guanidine groups is 1. The molecule has 6 nitrogen and oxygen atoms in total. The maximum atomic E-state index is 12.2. The van der Waals surface area contributed by atoms with Gasteiger partial charge in [0.2, 0.25) is 5.91 Å². The topological polar surface area (TPSA) is 60.0 Å². The number of aliphatic imine (C=N–C) groups is 1. The zero-order valence-electron chi connectivity index (χ0n) is 16.5. The molecule has 8 heteroatoms. The van der Waals surface area contributed by atoms with E-state index in [0.29, 0.717) is 5.25 Å². The van der Waals surface area contributed by atoms with Crippen LogP contribution in [0.1, 0.15) is 39.0 Å². The molecular formula is C18H36IN5OS. The average Bonchev–Trinajstić information content (AvgIpc) is 3.27. The van der Waals surface area contributed by atoms with Crippen LogP contribution in [-0.4, -0.2) is 85.5 Å². The summed E-state index contributed by atoms with van der Waals surface area (Å²) in [5.41, 5.74) is 0. The third kappa shape index (κ3) is 7.80. The lowest BCUT2D eigenvalue weighted by Crippen LogP contribution is -2.44. The summed E-state index contributed by atoms with van der Waals surface area (Å²) < 4.78 is 0. The summed E-state index contributed by atoms with van der Waals surface area (Å²) in [6, 6.07) is 0.0799. The van der Waals surface area contributed by atoms with Gasteiger partial charge in [-0.2, -0.15) is 11.8 Å². The van der Waals surface area contributed by atoms with Gasteiger partial charge in [-0.25, -0.2) is 0 Å². The molecule has 0 radical (unpaired) electrons. The van der Waals surface area contributed by atoms with E-state index < -0.39 is 0 Å². The Morgan fingerprint density at radius 2 is 2.08 bits per heavy atom. The number of amides is 1. The molecule has 2 atom stereocenters. The third-order valence-electron chi connectivity index (χ3n) is 4.83. The van der Waals surface area contributed by atoms with Crippen LogP contribution in [-0.2, 0) is 4.79 Å². The first-order valence-corrected chi connectivity index (χ1v) is 10.8. The third-order valence-corrected chi connectivity index (χ3v) is 6.21. The van der Waals surface area contributed by atoms with Crippen molar-refractivity contribution < 1.29 is 4.79 Å². The normalized spacial score (nSPS) is 23.6. The fourth-order valence-electron chi connectivity index (χ4n) is 3.48. The van der Waals surface area contributed by atoms with Gasteiger partial charge in [0.15, 0.2) is 5.96 Å². The van der Waals surface area contributed by atoms with Gasteiger partial charge < -0.3 is 15.5 Å². The van der Waals surface area contributed by atoms with Crippen molar-refractivity contribution >= 4 is 47.6 Å². The molecule has 2 saturated heterocycles. The Kier molecular flexibility index (Phi) is 11.9. The monoisotopic (exact) mass is 497 g/mol. The second-order valence-electron chi connectivity index (χ2n) is 7.06. The van der Waals surface area contributed by atoms with Crippen LogP contribution in [0.3, 0.4) is 0 Å². The molecular weight excluding hydrogens is 461 g/mol. The van der Waals surface area contributed by atoms with Crippen molar-refractivity contribution in [3.05, 3.63) is 0 Å². The molecule has 0 aromatic carbocycles. The maximum Gasteiger partial charge on any atom is 0.239 e. The Labute approximate surface area is 180 Å². The smallest absolute Gasteiger partial charge is 0.239 e. The minimum Gasteiger partial charge on any atom is -0.357 e. The predicted octanol–water partition coefficient (Wildman–Crippen LogP) is 2.00. The second-order valence-corrected chi connectivity index (χ2v) is 8.47. The quantitative estimate of drug-likeness (QED) is 0.233. The number of likely N-dealkylation sites (tertiary alicyclic amines) is 1. The van der Waals surface area contributed by atoms with E-state index in [9.17, 15) is 4.79 Å². The number of rotatable bonds is 8. The summed E-state index contributed by atoms with van der Waals surface area (Å²) in [4.78, 5) is 21.0. The molecule has 0 bridgehead atoms. The molecule has 2 N–H and O–H groups in total. The Balaban J connectivity index is 0.00000338. The SMILES string of the molecule is CCNC(=NCC1CCCS1)NCCCN1CCCC1C(=O)N(C)C.I. The molecule has 0 saturated carbocycles.